The number of nitrogens with one attached hydrogen (secondary N) is 1. The Morgan fingerprint density at radius 1 is 0.839 bits per heavy atom. The molecule has 0 aliphatic rings. The van der Waals surface area contributed by atoms with Crippen LogP contribution in [0.4, 0.5) is 0 Å². The molecule has 4 rings (SSSR count). The first-order valence-electron chi connectivity index (χ1n) is 9.55. The normalized spacial score (nSPS) is 11.8. The topological polar surface area (TPSA) is 63.2 Å². The lowest BCUT2D eigenvalue weighted by molar-refractivity contribution is 0.0921. The van der Waals surface area contributed by atoms with E-state index in [1.165, 1.54) is 0 Å². The second-order valence-corrected chi connectivity index (χ2v) is 7.93. The Kier molecular flexibility index (Phi) is 7.68. The Labute approximate surface area is 196 Å². The second kappa shape index (κ2) is 10.2. The predicted octanol–water partition coefficient (Wildman–Crippen LogP) is 5.14. The third kappa shape index (κ3) is 5.43. The molecule has 0 fully saturated rings. The third-order valence-corrected chi connectivity index (χ3v) is 5.38. The number of imidazole rings is 1. The molecule has 31 heavy (non-hydrogen) atoms. The molecule has 1 unspecified atom stereocenters. The molecule has 1 aromatic heterocycles. The number of hydrogen-bond acceptors (Lipinski definition) is 3. The van der Waals surface area contributed by atoms with Crippen molar-refractivity contribution in [2.75, 3.05) is 6.61 Å². The zero-order valence-electron chi connectivity index (χ0n) is 16.5. The van der Waals surface area contributed by atoms with Gasteiger partial charge in [-0.25, -0.2) is 0 Å². The molecule has 8 heteroatoms. The molecule has 0 bridgehead atoms. The van der Waals surface area contributed by atoms with E-state index in [0.29, 0.717) is 28.0 Å². The van der Waals surface area contributed by atoms with Crippen LogP contribution in [0.2, 0.25) is 10.0 Å². The SMILES string of the molecule is Cl.N=c1n(Cc2ccc(Cl)cc2)c2ccccc2n1CC(O)COc1ccc(Cl)cc1. The second-order valence-electron chi connectivity index (χ2n) is 7.05. The quantitative estimate of drug-likeness (QED) is 0.386. The average molecular weight is 479 g/mol. The van der Waals surface area contributed by atoms with Crippen LogP contribution >= 0.6 is 35.6 Å². The molecule has 0 amide bonds. The number of aliphatic hydroxyl groups excluding tert-OH is 1. The molecule has 0 spiro atoms. The Hall–Kier alpha value is -2.44. The van der Waals surface area contributed by atoms with Gasteiger partial charge in [-0.15, -0.1) is 12.4 Å². The summed E-state index contributed by atoms with van der Waals surface area (Å²) < 4.78 is 9.39. The van der Waals surface area contributed by atoms with Crippen molar-refractivity contribution in [1.29, 1.82) is 5.41 Å². The van der Waals surface area contributed by atoms with Crippen LogP contribution in [0.5, 0.6) is 5.75 Å². The molecule has 3 aromatic carbocycles. The van der Waals surface area contributed by atoms with Crippen molar-refractivity contribution in [3.05, 3.63) is 94.0 Å². The standard InChI is InChI=1S/C23H21Cl2N3O2.ClH/c24-17-7-5-16(6-8-17)13-27-21-3-1-2-4-22(21)28(23(27)26)14-19(29)15-30-20-11-9-18(25)10-12-20;/h1-12,19,26,29H,13-15H2;1H. The maximum atomic E-state index is 10.6. The van der Waals surface area contributed by atoms with Crippen LogP contribution in [-0.4, -0.2) is 27.0 Å². The summed E-state index contributed by atoms with van der Waals surface area (Å²) >= 11 is 11.9. The summed E-state index contributed by atoms with van der Waals surface area (Å²) in [6, 6.07) is 22.4. The highest BCUT2D eigenvalue weighted by atomic mass is 35.5. The predicted molar refractivity (Wildman–Crippen MR) is 127 cm³/mol. The van der Waals surface area contributed by atoms with Crippen LogP contribution in [0.1, 0.15) is 5.56 Å². The van der Waals surface area contributed by atoms with Crippen molar-refractivity contribution in [3.63, 3.8) is 0 Å². The molecule has 4 aromatic rings. The first-order chi connectivity index (χ1) is 14.5. The monoisotopic (exact) mass is 477 g/mol. The molecular weight excluding hydrogens is 457 g/mol. The number of rotatable bonds is 7. The number of halogens is 3. The number of aliphatic hydroxyl groups is 1. The third-order valence-electron chi connectivity index (χ3n) is 4.88. The zero-order chi connectivity index (χ0) is 21.1. The highest BCUT2D eigenvalue weighted by Crippen LogP contribution is 2.18. The molecule has 0 radical (unpaired) electrons. The van der Waals surface area contributed by atoms with E-state index in [2.05, 4.69) is 0 Å². The van der Waals surface area contributed by atoms with Crippen molar-refractivity contribution in [2.24, 2.45) is 0 Å². The summed E-state index contributed by atoms with van der Waals surface area (Å²) in [6.07, 6.45) is -0.774. The molecule has 162 valence electrons. The number of para-hydroxylation sites is 2. The highest BCUT2D eigenvalue weighted by Gasteiger charge is 2.15. The fraction of sp³-hybridized carbons (Fsp3) is 0.174. The minimum absolute atomic E-state index is 0. The van der Waals surface area contributed by atoms with Gasteiger partial charge in [0.15, 0.2) is 0 Å². The number of nitrogens with zero attached hydrogens (tertiary/aromatic N) is 2. The fourth-order valence-electron chi connectivity index (χ4n) is 3.40. The summed E-state index contributed by atoms with van der Waals surface area (Å²) in [5.41, 5.74) is 3.19. The Bertz CT molecular complexity index is 1200. The van der Waals surface area contributed by atoms with Crippen molar-refractivity contribution in [1.82, 2.24) is 9.13 Å². The number of aromatic nitrogens is 2. The number of benzene rings is 3. The van der Waals surface area contributed by atoms with Gasteiger partial charge < -0.3 is 19.0 Å². The van der Waals surface area contributed by atoms with Crippen LogP contribution in [0.15, 0.2) is 72.8 Å². The lowest BCUT2D eigenvalue weighted by Gasteiger charge is -2.14. The van der Waals surface area contributed by atoms with E-state index in [9.17, 15) is 5.11 Å². The molecule has 1 atom stereocenters. The van der Waals surface area contributed by atoms with Gasteiger partial charge in [0.1, 0.15) is 18.5 Å². The van der Waals surface area contributed by atoms with E-state index >= 15 is 0 Å². The highest BCUT2D eigenvalue weighted by molar-refractivity contribution is 6.30. The summed E-state index contributed by atoms with van der Waals surface area (Å²) in [4.78, 5) is 0. The Morgan fingerprint density at radius 2 is 1.39 bits per heavy atom. The van der Waals surface area contributed by atoms with Gasteiger partial charge in [-0.2, -0.15) is 0 Å². The zero-order valence-corrected chi connectivity index (χ0v) is 18.9. The number of ether oxygens (including phenoxy) is 1. The molecule has 0 saturated carbocycles. The van der Waals surface area contributed by atoms with Gasteiger partial charge in [0.25, 0.3) is 0 Å². The molecule has 5 nitrogen and oxygen atoms in total. The van der Waals surface area contributed by atoms with Gasteiger partial charge in [0.05, 0.1) is 24.1 Å². The molecule has 2 N–H and O–H groups in total. The van der Waals surface area contributed by atoms with Gasteiger partial charge in [0, 0.05) is 10.0 Å². The van der Waals surface area contributed by atoms with E-state index in [1.54, 1.807) is 28.8 Å². The van der Waals surface area contributed by atoms with Gasteiger partial charge >= 0.3 is 0 Å². The largest absolute Gasteiger partial charge is 0.491 e. The van der Waals surface area contributed by atoms with Gasteiger partial charge in [0.2, 0.25) is 5.62 Å². The molecule has 0 aliphatic heterocycles. The number of fused-ring (bicyclic) bond motifs is 1. The fourth-order valence-corrected chi connectivity index (χ4v) is 3.65. The Morgan fingerprint density at radius 3 is 2.00 bits per heavy atom. The van der Waals surface area contributed by atoms with Crippen molar-refractivity contribution >= 4 is 46.6 Å². The molecule has 0 saturated heterocycles. The van der Waals surface area contributed by atoms with Gasteiger partial charge in [-0.1, -0.05) is 47.5 Å². The van der Waals surface area contributed by atoms with E-state index in [0.717, 1.165) is 16.6 Å². The van der Waals surface area contributed by atoms with Gasteiger partial charge in [-0.05, 0) is 54.1 Å². The smallest absolute Gasteiger partial charge is 0.203 e. The van der Waals surface area contributed by atoms with Crippen molar-refractivity contribution < 1.29 is 9.84 Å². The summed E-state index contributed by atoms with van der Waals surface area (Å²) in [5.74, 6) is 0.639. The van der Waals surface area contributed by atoms with Crippen molar-refractivity contribution in [2.45, 2.75) is 19.2 Å². The lowest BCUT2D eigenvalue weighted by atomic mass is 10.2. The molecular formula is C23H22Cl3N3O2. The molecule has 0 aliphatic carbocycles. The number of hydrogen-bond donors (Lipinski definition) is 2. The van der Waals surface area contributed by atoms with Crippen molar-refractivity contribution in [3.8, 4) is 5.75 Å². The van der Waals surface area contributed by atoms with E-state index in [4.69, 9.17) is 33.3 Å². The van der Waals surface area contributed by atoms with E-state index in [-0.39, 0.29) is 25.6 Å². The first-order valence-corrected chi connectivity index (χ1v) is 10.3. The van der Waals surface area contributed by atoms with Crippen LogP contribution in [0, 0.1) is 5.41 Å². The summed E-state index contributed by atoms with van der Waals surface area (Å²) in [6.45, 7) is 0.909. The van der Waals surface area contributed by atoms with Gasteiger partial charge in [-0.3, -0.25) is 5.41 Å². The van der Waals surface area contributed by atoms with E-state index in [1.807, 2.05) is 53.1 Å². The van der Waals surface area contributed by atoms with Crippen LogP contribution in [0.25, 0.3) is 11.0 Å². The first kappa shape index (κ1) is 23.2. The molecule has 1 heterocycles. The lowest BCUT2D eigenvalue weighted by Crippen LogP contribution is -2.31. The van der Waals surface area contributed by atoms with Crippen LogP contribution < -0.4 is 10.4 Å². The minimum Gasteiger partial charge on any atom is -0.491 e. The maximum Gasteiger partial charge on any atom is 0.203 e. The van der Waals surface area contributed by atoms with Crippen LogP contribution in [-0.2, 0) is 13.1 Å². The maximum absolute atomic E-state index is 10.6. The average Bonchev–Trinajstić information content (AvgIpc) is 3.01. The minimum atomic E-state index is -0.774. The summed E-state index contributed by atoms with van der Waals surface area (Å²) in [7, 11) is 0. The van der Waals surface area contributed by atoms with E-state index < -0.39 is 6.10 Å². The van der Waals surface area contributed by atoms with Crippen LogP contribution in [0.3, 0.4) is 0 Å². The Balaban J connectivity index is 0.00000272. The summed E-state index contributed by atoms with van der Waals surface area (Å²) in [5, 5.41) is 20.6.